The fourth-order valence-corrected chi connectivity index (χ4v) is 5.32. The maximum absolute atomic E-state index is 13.6. The van der Waals surface area contributed by atoms with Gasteiger partial charge in [0.15, 0.2) is 5.78 Å². The summed E-state index contributed by atoms with van der Waals surface area (Å²) < 4.78 is 5.72. The number of fused-ring (bicyclic) bond motifs is 1. The SMILES string of the molecule is CC[C@H]1CN(C(=O)[C@@H](NC(=O)c2ccc(N3CCN(C)CC3)cc2)[C@@H](C)CC)[C@@H]2C(=O)CO[C@H]12. The van der Waals surface area contributed by atoms with Gasteiger partial charge in [0.25, 0.3) is 5.91 Å². The lowest BCUT2D eigenvalue weighted by Gasteiger charge is -2.34. The van der Waals surface area contributed by atoms with Gasteiger partial charge in [0.1, 0.15) is 18.7 Å². The zero-order valence-electron chi connectivity index (χ0n) is 20.8. The average Bonchev–Trinajstić information content (AvgIpc) is 3.42. The number of likely N-dealkylation sites (N-methyl/N-ethyl adjacent to an activating group) is 1. The standard InChI is InChI=1S/C26H38N4O4/c1-5-17(3)22(26(33)30-15-18(6-2)24-23(30)21(31)16-34-24)27-25(32)19-7-9-20(10-8-19)29-13-11-28(4)12-14-29/h7-10,17-18,22-24H,5-6,11-16H2,1-4H3,(H,27,32)/t17-,18-,22-,23+,24+/m0/s1. The molecule has 1 aromatic rings. The molecule has 0 bridgehead atoms. The zero-order valence-corrected chi connectivity index (χ0v) is 20.8. The minimum atomic E-state index is -0.681. The summed E-state index contributed by atoms with van der Waals surface area (Å²) in [5, 5.41) is 2.99. The molecule has 0 radical (unpaired) electrons. The number of amides is 2. The Hall–Kier alpha value is -2.45. The van der Waals surface area contributed by atoms with E-state index in [1.807, 2.05) is 38.1 Å². The van der Waals surface area contributed by atoms with Crippen LogP contribution >= 0.6 is 0 Å². The van der Waals surface area contributed by atoms with Crippen molar-refractivity contribution in [2.75, 3.05) is 51.3 Å². The Morgan fingerprint density at radius 1 is 1.12 bits per heavy atom. The van der Waals surface area contributed by atoms with Gasteiger partial charge in [0.2, 0.25) is 5.91 Å². The summed E-state index contributed by atoms with van der Waals surface area (Å²) in [7, 11) is 2.13. The van der Waals surface area contributed by atoms with E-state index in [4.69, 9.17) is 4.74 Å². The lowest BCUT2D eigenvalue weighted by Crippen LogP contribution is -2.54. The van der Waals surface area contributed by atoms with Crippen LogP contribution in [0.25, 0.3) is 0 Å². The molecule has 0 spiro atoms. The van der Waals surface area contributed by atoms with E-state index in [2.05, 4.69) is 29.1 Å². The molecule has 1 N–H and O–H groups in total. The minimum absolute atomic E-state index is 0.0389. The van der Waals surface area contributed by atoms with Gasteiger partial charge < -0.3 is 24.8 Å². The van der Waals surface area contributed by atoms with Crippen LogP contribution in [0.2, 0.25) is 0 Å². The third-order valence-electron chi connectivity index (χ3n) is 7.86. The first kappa shape index (κ1) is 24.7. The molecule has 0 aromatic heterocycles. The van der Waals surface area contributed by atoms with E-state index in [9.17, 15) is 14.4 Å². The fraction of sp³-hybridized carbons (Fsp3) is 0.654. The first-order valence-corrected chi connectivity index (χ1v) is 12.6. The third-order valence-corrected chi connectivity index (χ3v) is 7.86. The molecule has 3 saturated heterocycles. The van der Waals surface area contributed by atoms with Crippen molar-refractivity contribution < 1.29 is 19.1 Å². The molecule has 186 valence electrons. The predicted molar refractivity (Wildman–Crippen MR) is 131 cm³/mol. The number of ketones is 1. The smallest absolute Gasteiger partial charge is 0.251 e. The number of nitrogens with zero attached hydrogens (tertiary/aromatic N) is 3. The first-order valence-electron chi connectivity index (χ1n) is 12.6. The van der Waals surface area contributed by atoms with E-state index >= 15 is 0 Å². The summed E-state index contributed by atoms with van der Waals surface area (Å²) in [6.45, 7) is 10.6. The number of benzene rings is 1. The van der Waals surface area contributed by atoms with E-state index in [0.29, 0.717) is 12.1 Å². The molecular weight excluding hydrogens is 432 g/mol. The van der Waals surface area contributed by atoms with Crippen molar-refractivity contribution in [1.82, 2.24) is 15.1 Å². The molecule has 5 atom stereocenters. The van der Waals surface area contributed by atoms with Crippen LogP contribution < -0.4 is 10.2 Å². The van der Waals surface area contributed by atoms with E-state index in [0.717, 1.165) is 44.7 Å². The van der Waals surface area contributed by atoms with E-state index < -0.39 is 12.1 Å². The van der Waals surface area contributed by atoms with E-state index in [1.54, 1.807) is 4.90 Å². The van der Waals surface area contributed by atoms with Gasteiger partial charge in [-0.2, -0.15) is 0 Å². The van der Waals surface area contributed by atoms with Crippen LogP contribution in [-0.2, 0) is 14.3 Å². The molecule has 0 saturated carbocycles. The Balaban J connectivity index is 1.46. The Morgan fingerprint density at radius 3 is 2.41 bits per heavy atom. The van der Waals surface area contributed by atoms with Crippen LogP contribution in [0.1, 0.15) is 44.0 Å². The van der Waals surface area contributed by atoms with Crippen molar-refractivity contribution in [2.24, 2.45) is 11.8 Å². The van der Waals surface area contributed by atoms with Crippen molar-refractivity contribution in [3.63, 3.8) is 0 Å². The quantitative estimate of drug-likeness (QED) is 0.654. The lowest BCUT2D eigenvalue weighted by atomic mass is 9.96. The van der Waals surface area contributed by atoms with Gasteiger partial charge in [0.05, 0.1) is 6.10 Å². The number of nitrogens with one attached hydrogen (secondary N) is 1. The number of likely N-dealkylation sites (tertiary alicyclic amines) is 1. The van der Waals surface area contributed by atoms with Gasteiger partial charge >= 0.3 is 0 Å². The van der Waals surface area contributed by atoms with Crippen molar-refractivity contribution >= 4 is 23.3 Å². The number of Topliss-reactive ketones (excluding diaryl/α,β-unsaturated/α-hetero) is 1. The predicted octanol–water partition coefficient (Wildman–Crippen LogP) is 1.79. The molecule has 4 rings (SSSR count). The van der Waals surface area contributed by atoms with Crippen molar-refractivity contribution in [1.29, 1.82) is 0 Å². The molecule has 34 heavy (non-hydrogen) atoms. The summed E-state index contributed by atoms with van der Waals surface area (Å²) >= 11 is 0. The number of carbonyl (C=O) groups excluding carboxylic acids is 3. The van der Waals surface area contributed by atoms with Crippen LogP contribution in [0.4, 0.5) is 5.69 Å². The Morgan fingerprint density at radius 2 is 1.79 bits per heavy atom. The first-order chi connectivity index (χ1) is 16.3. The molecule has 3 fully saturated rings. The second kappa shape index (κ2) is 10.4. The monoisotopic (exact) mass is 470 g/mol. The number of hydrogen-bond acceptors (Lipinski definition) is 6. The van der Waals surface area contributed by atoms with Gasteiger partial charge in [-0.3, -0.25) is 14.4 Å². The topological polar surface area (TPSA) is 82.2 Å². The van der Waals surface area contributed by atoms with Crippen molar-refractivity contribution in [2.45, 2.75) is 51.8 Å². The highest BCUT2D eigenvalue weighted by atomic mass is 16.5. The highest BCUT2D eigenvalue weighted by molar-refractivity contribution is 5.99. The second-order valence-electron chi connectivity index (χ2n) is 10.0. The number of anilines is 1. The molecule has 0 unspecified atom stereocenters. The van der Waals surface area contributed by atoms with Crippen molar-refractivity contribution in [3.8, 4) is 0 Å². The Bertz CT molecular complexity index is 897. The average molecular weight is 471 g/mol. The van der Waals surface area contributed by atoms with Gasteiger partial charge in [-0.25, -0.2) is 0 Å². The van der Waals surface area contributed by atoms with Crippen LogP contribution in [0.3, 0.4) is 0 Å². The lowest BCUT2D eigenvalue weighted by molar-refractivity contribution is -0.139. The number of ether oxygens (including phenoxy) is 1. The summed E-state index contributed by atoms with van der Waals surface area (Å²) in [5.41, 5.74) is 1.64. The van der Waals surface area contributed by atoms with Crippen LogP contribution in [0.5, 0.6) is 0 Å². The number of hydrogen-bond donors (Lipinski definition) is 1. The van der Waals surface area contributed by atoms with Crippen molar-refractivity contribution in [3.05, 3.63) is 29.8 Å². The number of carbonyl (C=O) groups is 3. The van der Waals surface area contributed by atoms with Gasteiger partial charge in [0, 0.05) is 49.9 Å². The van der Waals surface area contributed by atoms with Gasteiger partial charge in [-0.15, -0.1) is 0 Å². The molecule has 3 heterocycles. The largest absolute Gasteiger partial charge is 0.369 e. The maximum Gasteiger partial charge on any atom is 0.251 e. The summed E-state index contributed by atoms with van der Waals surface area (Å²) in [5.74, 6) is -0.390. The highest BCUT2D eigenvalue weighted by Gasteiger charge is 2.52. The third kappa shape index (κ3) is 4.84. The Labute approximate surface area is 202 Å². The molecule has 1 aromatic carbocycles. The molecule has 3 aliphatic heterocycles. The summed E-state index contributed by atoms with van der Waals surface area (Å²) in [6.07, 6.45) is 1.36. The van der Waals surface area contributed by atoms with E-state index in [1.165, 1.54) is 0 Å². The van der Waals surface area contributed by atoms with E-state index in [-0.39, 0.29) is 42.1 Å². The molecule has 8 nitrogen and oxygen atoms in total. The molecule has 3 aliphatic rings. The number of piperazine rings is 1. The van der Waals surface area contributed by atoms with Crippen LogP contribution in [0, 0.1) is 11.8 Å². The normalized spacial score (nSPS) is 26.9. The molecular formula is C26H38N4O4. The second-order valence-corrected chi connectivity index (χ2v) is 10.0. The summed E-state index contributed by atoms with van der Waals surface area (Å²) in [6, 6.07) is 6.41. The zero-order chi connectivity index (χ0) is 24.4. The minimum Gasteiger partial charge on any atom is -0.369 e. The highest BCUT2D eigenvalue weighted by Crippen LogP contribution is 2.34. The molecule has 8 heteroatoms. The van der Waals surface area contributed by atoms with Gasteiger partial charge in [-0.05, 0) is 43.7 Å². The fourth-order valence-electron chi connectivity index (χ4n) is 5.32. The molecule has 0 aliphatic carbocycles. The number of rotatable bonds is 7. The Kier molecular flexibility index (Phi) is 7.57. The van der Waals surface area contributed by atoms with Gasteiger partial charge in [-0.1, -0.05) is 27.2 Å². The maximum atomic E-state index is 13.6. The van der Waals surface area contributed by atoms with Crippen LogP contribution in [0.15, 0.2) is 24.3 Å². The van der Waals surface area contributed by atoms with Crippen LogP contribution in [-0.4, -0.2) is 92.0 Å². The summed E-state index contributed by atoms with van der Waals surface area (Å²) in [4.78, 5) is 45.6. The molecule has 2 amide bonds.